The fourth-order valence-electron chi connectivity index (χ4n) is 2.62. The van der Waals surface area contributed by atoms with Crippen molar-refractivity contribution < 1.29 is 23.8 Å². The smallest absolute Gasteiger partial charge is 0.344 e. The summed E-state index contributed by atoms with van der Waals surface area (Å²) in [6.07, 6.45) is 0.416. The Labute approximate surface area is 122 Å². The first-order valence-electron chi connectivity index (χ1n) is 6.70. The average Bonchev–Trinajstić information content (AvgIpc) is 2.75. The molecule has 1 aromatic carbocycles. The van der Waals surface area contributed by atoms with E-state index in [9.17, 15) is 9.59 Å². The molecule has 0 unspecified atom stereocenters. The van der Waals surface area contributed by atoms with E-state index >= 15 is 0 Å². The van der Waals surface area contributed by atoms with Crippen LogP contribution in [0.3, 0.4) is 0 Å². The molecule has 0 fully saturated rings. The first-order chi connectivity index (χ1) is 9.86. The van der Waals surface area contributed by atoms with Gasteiger partial charge in [0.15, 0.2) is 11.5 Å². The second-order valence-electron chi connectivity index (χ2n) is 5.64. The van der Waals surface area contributed by atoms with Crippen LogP contribution in [0, 0.1) is 0 Å². The summed E-state index contributed by atoms with van der Waals surface area (Å²) in [6, 6.07) is 3.46. The lowest BCUT2D eigenvalue weighted by atomic mass is 9.93. The van der Waals surface area contributed by atoms with Gasteiger partial charge in [-0.25, -0.2) is 4.79 Å². The molecule has 0 N–H and O–H groups in total. The van der Waals surface area contributed by atoms with E-state index in [1.165, 1.54) is 7.11 Å². The van der Waals surface area contributed by atoms with Gasteiger partial charge >= 0.3 is 5.97 Å². The van der Waals surface area contributed by atoms with E-state index in [1.54, 1.807) is 32.9 Å². The summed E-state index contributed by atoms with van der Waals surface area (Å²) in [5.41, 5.74) is 2.27. The highest BCUT2D eigenvalue weighted by atomic mass is 16.7. The van der Waals surface area contributed by atoms with Crippen LogP contribution in [0.15, 0.2) is 23.5 Å². The van der Waals surface area contributed by atoms with Gasteiger partial charge in [0.2, 0.25) is 11.6 Å². The Bertz CT molecular complexity index is 697. The van der Waals surface area contributed by atoms with Gasteiger partial charge in [-0.15, -0.1) is 0 Å². The van der Waals surface area contributed by atoms with Crippen LogP contribution in [0.5, 0.6) is 5.75 Å². The minimum absolute atomic E-state index is 0.194. The number of ether oxygens (including phenoxy) is 3. The summed E-state index contributed by atoms with van der Waals surface area (Å²) in [7, 11) is 1.49. The van der Waals surface area contributed by atoms with Gasteiger partial charge in [0, 0.05) is 20.5 Å². The standard InChI is InChI=1S/C16H16O5/c1-8(2)13-12(17)10-6-5-9-7-16(3,19-4)21-15(18)11(9)14(10)20-13/h5-6H,7H2,1-4H3/t16-/m1/s1. The van der Waals surface area contributed by atoms with Crippen LogP contribution < -0.4 is 4.74 Å². The van der Waals surface area contributed by atoms with Crippen LogP contribution in [-0.4, -0.2) is 24.6 Å². The number of fused-ring (bicyclic) bond motifs is 3. The minimum Gasteiger partial charge on any atom is -0.452 e. The quantitative estimate of drug-likeness (QED) is 0.587. The lowest BCUT2D eigenvalue weighted by molar-refractivity contribution is -0.177. The van der Waals surface area contributed by atoms with Crippen molar-refractivity contribution in [3.63, 3.8) is 0 Å². The molecule has 3 rings (SSSR count). The Balaban J connectivity index is 2.16. The molecule has 0 radical (unpaired) electrons. The molecular formula is C16H16O5. The fraction of sp³-hybridized carbons (Fsp3) is 0.375. The Morgan fingerprint density at radius 1 is 1.29 bits per heavy atom. The maximum Gasteiger partial charge on any atom is 0.344 e. The molecule has 0 amide bonds. The van der Waals surface area contributed by atoms with E-state index in [-0.39, 0.29) is 11.5 Å². The predicted molar refractivity (Wildman–Crippen MR) is 74.3 cm³/mol. The van der Waals surface area contributed by atoms with E-state index in [0.717, 1.165) is 11.1 Å². The molecule has 0 spiro atoms. The molecule has 0 aliphatic carbocycles. The summed E-state index contributed by atoms with van der Waals surface area (Å²) in [5, 5.41) is 0. The van der Waals surface area contributed by atoms with E-state index in [4.69, 9.17) is 14.2 Å². The van der Waals surface area contributed by atoms with Gasteiger partial charge in [-0.1, -0.05) is 6.07 Å². The van der Waals surface area contributed by atoms with Crippen LogP contribution >= 0.6 is 0 Å². The molecule has 2 heterocycles. The lowest BCUT2D eigenvalue weighted by Gasteiger charge is -2.33. The second kappa shape index (κ2) is 4.43. The summed E-state index contributed by atoms with van der Waals surface area (Å²) in [6.45, 7) is 5.30. The molecule has 0 saturated carbocycles. The van der Waals surface area contributed by atoms with Gasteiger partial charge in [-0.2, -0.15) is 0 Å². The third kappa shape index (κ3) is 1.96. The molecule has 2 aliphatic rings. The van der Waals surface area contributed by atoms with Crippen molar-refractivity contribution in [1.82, 2.24) is 0 Å². The first kappa shape index (κ1) is 13.8. The topological polar surface area (TPSA) is 61.8 Å². The molecule has 2 aliphatic heterocycles. The summed E-state index contributed by atoms with van der Waals surface area (Å²) in [4.78, 5) is 24.5. The Kier molecular flexibility index (Phi) is 2.92. The molecule has 110 valence electrons. The van der Waals surface area contributed by atoms with Crippen molar-refractivity contribution in [3.8, 4) is 5.75 Å². The highest BCUT2D eigenvalue weighted by Gasteiger charge is 2.42. The maximum absolute atomic E-state index is 12.3. The molecule has 21 heavy (non-hydrogen) atoms. The SMILES string of the molecule is CO[C@@]1(C)Cc2ccc3c(c2C(=O)O1)OC(=C(C)C)C3=O. The van der Waals surface area contributed by atoms with E-state index in [1.807, 2.05) is 0 Å². The number of hydrogen-bond acceptors (Lipinski definition) is 5. The average molecular weight is 288 g/mol. The van der Waals surface area contributed by atoms with Crippen LogP contribution in [0.4, 0.5) is 0 Å². The predicted octanol–water partition coefficient (Wildman–Crippen LogP) is 2.63. The van der Waals surface area contributed by atoms with Crippen molar-refractivity contribution >= 4 is 11.8 Å². The van der Waals surface area contributed by atoms with Gasteiger partial charge in [0.1, 0.15) is 5.56 Å². The zero-order chi connectivity index (χ0) is 15.4. The number of benzene rings is 1. The molecule has 1 aromatic rings. The van der Waals surface area contributed by atoms with Crippen LogP contribution in [0.25, 0.3) is 0 Å². The van der Waals surface area contributed by atoms with Gasteiger partial charge < -0.3 is 14.2 Å². The summed E-state index contributed by atoms with van der Waals surface area (Å²) in [5.74, 6) is -1.12. The van der Waals surface area contributed by atoms with Crippen molar-refractivity contribution in [2.24, 2.45) is 0 Å². The number of rotatable bonds is 1. The number of allylic oxidation sites excluding steroid dienone is 2. The van der Waals surface area contributed by atoms with Crippen molar-refractivity contribution in [1.29, 1.82) is 0 Å². The number of carbonyl (C=O) groups is 2. The zero-order valence-electron chi connectivity index (χ0n) is 12.4. The Morgan fingerprint density at radius 2 is 2.00 bits per heavy atom. The van der Waals surface area contributed by atoms with E-state index < -0.39 is 11.8 Å². The van der Waals surface area contributed by atoms with Crippen molar-refractivity contribution in [2.75, 3.05) is 7.11 Å². The Morgan fingerprint density at radius 3 is 2.62 bits per heavy atom. The van der Waals surface area contributed by atoms with Gasteiger partial charge in [-0.3, -0.25) is 4.79 Å². The van der Waals surface area contributed by atoms with Crippen LogP contribution in [0.1, 0.15) is 47.1 Å². The first-order valence-corrected chi connectivity index (χ1v) is 6.70. The molecule has 5 nitrogen and oxygen atoms in total. The molecule has 5 heteroatoms. The lowest BCUT2D eigenvalue weighted by Crippen LogP contribution is -2.40. The van der Waals surface area contributed by atoms with Gasteiger partial charge in [0.05, 0.1) is 5.56 Å². The second-order valence-corrected chi connectivity index (χ2v) is 5.64. The number of ketones is 1. The molecular weight excluding hydrogens is 272 g/mol. The molecule has 0 aromatic heterocycles. The zero-order valence-corrected chi connectivity index (χ0v) is 12.4. The van der Waals surface area contributed by atoms with Gasteiger partial charge in [0.25, 0.3) is 0 Å². The number of hydrogen-bond donors (Lipinski definition) is 0. The third-order valence-electron chi connectivity index (χ3n) is 3.81. The number of carbonyl (C=O) groups excluding carboxylic acids is 2. The highest BCUT2D eigenvalue weighted by molar-refractivity contribution is 6.15. The van der Waals surface area contributed by atoms with Crippen molar-refractivity contribution in [3.05, 3.63) is 40.2 Å². The van der Waals surface area contributed by atoms with E-state index in [0.29, 0.717) is 23.3 Å². The maximum atomic E-state index is 12.3. The number of Topliss-reactive ketones (excluding diaryl/α,β-unsaturated/α-hetero) is 1. The Hall–Kier alpha value is -2.14. The van der Waals surface area contributed by atoms with Crippen LogP contribution in [0.2, 0.25) is 0 Å². The van der Waals surface area contributed by atoms with Crippen LogP contribution in [-0.2, 0) is 15.9 Å². The highest BCUT2D eigenvalue weighted by Crippen LogP contribution is 2.41. The molecule has 0 bridgehead atoms. The number of cyclic esters (lactones) is 1. The monoisotopic (exact) mass is 288 g/mol. The third-order valence-corrected chi connectivity index (χ3v) is 3.81. The number of methoxy groups -OCH3 is 1. The van der Waals surface area contributed by atoms with Gasteiger partial charge in [-0.05, 0) is 31.1 Å². The normalized spacial score (nSPS) is 23.3. The summed E-state index contributed by atoms with van der Waals surface area (Å²) >= 11 is 0. The largest absolute Gasteiger partial charge is 0.452 e. The van der Waals surface area contributed by atoms with E-state index in [2.05, 4.69) is 0 Å². The molecule has 0 saturated heterocycles. The minimum atomic E-state index is -0.986. The van der Waals surface area contributed by atoms with Crippen molar-refractivity contribution in [2.45, 2.75) is 33.0 Å². The summed E-state index contributed by atoms with van der Waals surface area (Å²) < 4.78 is 16.2. The number of esters is 1. The molecule has 1 atom stereocenters. The fourth-order valence-corrected chi connectivity index (χ4v) is 2.62.